The number of pyridine rings is 1. The van der Waals surface area contributed by atoms with Crippen molar-refractivity contribution < 1.29 is 23.4 Å². The lowest BCUT2D eigenvalue weighted by atomic mass is 10.1. The molecule has 0 saturated carbocycles. The number of nitrogens with zero attached hydrogens (tertiary/aromatic N) is 3. The number of carbonyl (C=O) groups excluding carboxylic acids is 1. The number of benzene rings is 1. The molecule has 1 unspecified atom stereocenters. The third-order valence-corrected chi connectivity index (χ3v) is 3.52. The van der Waals surface area contributed by atoms with Gasteiger partial charge in [0, 0.05) is 17.3 Å². The van der Waals surface area contributed by atoms with E-state index in [1.807, 2.05) is 0 Å². The fourth-order valence-electron chi connectivity index (χ4n) is 2.54. The number of halogens is 2. The SMILES string of the molecule is CC(O)Cn1nc(-c2cccc(OC(F)F)c2)c2ncc(C=O)cc21. The summed E-state index contributed by atoms with van der Waals surface area (Å²) >= 11 is 0. The van der Waals surface area contributed by atoms with Crippen LogP contribution in [-0.4, -0.2) is 38.9 Å². The molecule has 0 saturated heterocycles. The number of aromatic nitrogens is 3. The second-order valence-electron chi connectivity index (χ2n) is 5.54. The van der Waals surface area contributed by atoms with E-state index < -0.39 is 12.7 Å². The standard InChI is InChI=1S/C17H15F2N3O3/c1-10(24)8-22-14-5-11(9-23)7-20-16(14)15(21-22)12-3-2-4-13(6-12)25-17(18)19/h2-7,9-10,17,24H,8H2,1H3. The first kappa shape index (κ1) is 17.0. The van der Waals surface area contributed by atoms with Crippen molar-refractivity contribution in [3.63, 3.8) is 0 Å². The Labute approximate surface area is 141 Å². The van der Waals surface area contributed by atoms with E-state index in [1.54, 1.807) is 25.1 Å². The molecule has 0 aliphatic heterocycles. The molecule has 6 nitrogen and oxygen atoms in total. The molecule has 25 heavy (non-hydrogen) atoms. The Morgan fingerprint density at radius 1 is 1.36 bits per heavy atom. The van der Waals surface area contributed by atoms with Crippen LogP contribution in [0.15, 0.2) is 36.5 Å². The maximum Gasteiger partial charge on any atom is 0.387 e. The van der Waals surface area contributed by atoms with Gasteiger partial charge in [0.05, 0.1) is 18.2 Å². The van der Waals surface area contributed by atoms with Crippen molar-refractivity contribution in [1.82, 2.24) is 14.8 Å². The predicted molar refractivity (Wildman–Crippen MR) is 86.7 cm³/mol. The highest BCUT2D eigenvalue weighted by atomic mass is 19.3. The summed E-state index contributed by atoms with van der Waals surface area (Å²) in [5.74, 6) is 0.00948. The van der Waals surface area contributed by atoms with E-state index in [-0.39, 0.29) is 12.3 Å². The van der Waals surface area contributed by atoms with E-state index in [4.69, 9.17) is 0 Å². The summed E-state index contributed by atoms with van der Waals surface area (Å²) < 4.78 is 30.8. The van der Waals surface area contributed by atoms with E-state index in [1.165, 1.54) is 23.0 Å². The van der Waals surface area contributed by atoms with Gasteiger partial charge in [0.1, 0.15) is 17.0 Å². The number of carbonyl (C=O) groups is 1. The number of hydrogen-bond acceptors (Lipinski definition) is 5. The van der Waals surface area contributed by atoms with Gasteiger partial charge in [0.25, 0.3) is 0 Å². The molecule has 2 aromatic heterocycles. The highest BCUT2D eigenvalue weighted by Gasteiger charge is 2.16. The van der Waals surface area contributed by atoms with Crippen LogP contribution in [0, 0.1) is 0 Å². The maximum absolute atomic E-state index is 12.4. The first-order valence-electron chi connectivity index (χ1n) is 7.53. The Kier molecular flexibility index (Phi) is 4.71. The van der Waals surface area contributed by atoms with E-state index in [2.05, 4.69) is 14.8 Å². The smallest absolute Gasteiger partial charge is 0.387 e. The number of rotatable bonds is 6. The zero-order chi connectivity index (χ0) is 18.0. The molecule has 3 aromatic rings. The van der Waals surface area contributed by atoms with Gasteiger partial charge in [-0.15, -0.1) is 0 Å². The molecule has 0 radical (unpaired) electrons. The Bertz CT molecular complexity index is 909. The minimum absolute atomic E-state index is 0.00948. The summed E-state index contributed by atoms with van der Waals surface area (Å²) in [5.41, 5.74) is 2.44. The third-order valence-electron chi connectivity index (χ3n) is 3.52. The summed E-state index contributed by atoms with van der Waals surface area (Å²) in [6, 6.07) is 7.75. The average Bonchev–Trinajstić information content (AvgIpc) is 2.91. The molecule has 1 N–H and O–H groups in total. The quantitative estimate of drug-likeness (QED) is 0.694. The van der Waals surface area contributed by atoms with Crippen molar-refractivity contribution in [3.05, 3.63) is 42.1 Å². The minimum atomic E-state index is -2.92. The van der Waals surface area contributed by atoms with Gasteiger partial charge in [-0.1, -0.05) is 12.1 Å². The van der Waals surface area contributed by atoms with Crippen molar-refractivity contribution in [1.29, 1.82) is 0 Å². The highest BCUT2D eigenvalue weighted by molar-refractivity contribution is 5.92. The Morgan fingerprint density at radius 3 is 2.84 bits per heavy atom. The fraction of sp³-hybridized carbons (Fsp3) is 0.235. The van der Waals surface area contributed by atoms with E-state index in [0.717, 1.165) is 0 Å². The number of fused-ring (bicyclic) bond motifs is 1. The summed E-state index contributed by atoms with van der Waals surface area (Å²) in [6.45, 7) is -1.11. The molecule has 0 amide bonds. The molecular weight excluding hydrogens is 332 g/mol. The van der Waals surface area contributed by atoms with Gasteiger partial charge < -0.3 is 9.84 Å². The molecular formula is C17H15F2N3O3. The topological polar surface area (TPSA) is 77.2 Å². The lowest BCUT2D eigenvalue weighted by Crippen LogP contribution is -2.12. The van der Waals surface area contributed by atoms with Gasteiger partial charge in [-0.05, 0) is 25.1 Å². The van der Waals surface area contributed by atoms with E-state index in [9.17, 15) is 18.7 Å². The van der Waals surface area contributed by atoms with Crippen LogP contribution in [0.5, 0.6) is 5.75 Å². The van der Waals surface area contributed by atoms with Gasteiger partial charge in [-0.25, -0.2) is 0 Å². The number of aldehydes is 1. The van der Waals surface area contributed by atoms with Gasteiger partial charge in [0.2, 0.25) is 0 Å². The van der Waals surface area contributed by atoms with Gasteiger partial charge in [0.15, 0.2) is 6.29 Å². The molecule has 0 fully saturated rings. The van der Waals surface area contributed by atoms with Crippen LogP contribution in [0.4, 0.5) is 8.78 Å². The van der Waals surface area contributed by atoms with E-state index >= 15 is 0 Å². The van der Waals surface area contributed by atoms with Crippen molar-refractivity contribution >= 4 is 17.3 Å². The molecule has 3 rings (SSSR count). The molecule has 0 spiro atoms. The zero-order valence-electron chi connectivity index (χ0n) is 13.3. The largest absolute Gasteiger partial charge is 0.435 e. The fourth-order valence-corrected chi connectivity index (χ4v) is 2.54. The van der Waals surface area contributed by atoms with Gasteiger partial charge >= 0.3 is 6.61 Å². The summed E-state index contributed by atoms with van der Waals surface area (Å²) in [5, 5.41) is 14.1. The monoisotopic (exact) mass is 347 g/mol. The number of aliphatic hydroxyl groups is 1. The first-order chi connectivity index (χ1) is 12.0. The van der Waals surface area contributed by atoms with Crippen LogP contribution in [0.1, 0.15) is 17.3 Å². The summed E-state index contributed by atoms with van der Waals surface area (Å²) in [7, 11) is 0. The van der Waals surface area contributed by atoms with E-state index in [0.29, 0.717) is 34.1 Å². The molecule has 2 heterocycles. The summed E-state index contributed by atoms with van der Waals surface area (Å²) in [4.78, 5) is 15.3. The number of alkyl halides is 2. The Hall–Kier alpha value is -2.87. The molecule has 1 atom stereocenters. The zero-order valence-corrected chi connectivity index (χ0v) is 13.3. The Morgan fingerprint density at radius 2 is 2.16 bits per heavy atom. The van der Waals surface area contributed by atoms with Crippen LogP contribution in [-0.2, 0) is 6.54 Å². The lowest BCUT2D eigenvalue weighted by molar-refractivity contribution is -0.0498. The summed E-state index contributed by atoms with van der Waals surface area (Å²) in [6.07, 6.45) is 1.42. The first-order valence-corrected chi connectivity index (χ1v) is 7.53. The van der Waals surface area contributed by atoms with Crippen molar-refractivity contribution in [2.24, 2.45) is 0 Å². The molecule has 0 aliphatic rings. The van der Waals surface area contributed by atoms with Crippen LogP contribution < -0.4 is 4.74 Å². The number of aliphatic hydroxyl groups excluding tert-OH is 1. The molecule has 8 heteroatoms. The van der Waals surface area contributed by atoms with Crippen LogP contribution in [0.3, 0.4) is 0 Å². The number of ether oxygens (including phenoxy) is 1. The Balaban J connectivity index is 2.14. The van der Waals surface area contributed by atoms with Crippen LogP contribution >= 0.6 is 0 Å². The molecule has 1 aromatic carbocycles. The van der Waals surface area contributed by atoms with Crippen LogP contribution in [0.2, 0.25) is 0 Å². The minimum Gasteiger partial charge on any atom is -0.435 e. The van der Waals surface area contributed by atoms with Gasteiger partial charge in [-0.2, -0.15) is 13.9 Å². The predicted octanol–water partition coefficient (Wildman–Crippen LogP) is 2.89. The van der Waals surface area contributed by atoms with Gasteiger partial charge in [-0.3, -0.25) is 14.5 Å². The van der Waals surface area contributed by atoms with Crippen molar-refractivity contribution in [3.8, 4) is 17.0 Å². The maximum atomic E-state index is 12.4. The van der Waals surface area contributed by atoms with Crippen LogP contribution in [0.25, 0.3) is 22.3 Å². The molecule has 0 bridgehead atoms. The normalized spacial score (nSPS) is 12.5. The third kappa shape index (κ3) is 3.63. The molecule has 130 valence electrons. The second kappa shape index (κ2) is 6.94. The van der Waals surface area contributed by atoms with Crippen molar-refractivity contribution in [2.75, 3.05) is 0 Å². The lowest BCUT2D eigenvalue weighted by Gasteiger charge is -2.06. The number of hydrogen-bond donors (Lipinski definition) is 1. The molecule has 0 aliphatic carbocycles. The second-order valence-corrected chi connectivity index (χ2v) is 5.54. The van der Waals surface area contributed by atoms with Crippen molar-refractivity contribution in [2.45, 2.75) is 26.2 Å². The average molecular weight is 347 g/mol. The highest BCUT2D eigenvalue weighted by Crippen LogP contribution is 2.29.